The Kier molecular flexibility index (Phi) is 1.62. The molecule has 0 saturated carbocycles. The van der Waals surface area contributed by atoms with Crippen molar-refractivity contribution in [2.75, 3.05) is 7.11 Å². The predicted molar refractivity (Wildman–Crippen MR) is 34.0 cm³/mol. The van der Waals surface area contributed by atoms with Crippen molar-refractivity contribution in [3.05, 3.63) is 23.8 Å². The van der Waals surface area contributed by atoms with Crippen LogP contribution in [0, 0.1) is 5.41 Å². The van der Waals surface area contributed by atoms with E-state index in [1.165, 1.54) is 25.6 Å². The first-order chi connectivity index (χ1) is 4.74. The highest BCUT2D eigenvalue weighted by molar-refractivity contribution is 5.14. The van der Waals surface area contributed by atoms with Gasteiger partial charge in [-0.2, -0.15) is 4.73 Å². The molecular weight excluding hydrogens is 132 g/mol. The average Bonchev–Trinajstić information content (AvgIpc) is 1.94. The number of pyridine rings is 1. The maximum atomic E-state index is 8.82. The Morgan fingerprint density at radius 3 is 2.90 bits per heavy atom. The van der Waals surface area contributed by atoms with Crippen molar-refractivity contribution in [3.63, 3.8) is 0 Å². The maximum absolute atomic E-state index is 8.82. The first kappa shape index (κ1) is 6.67. The van der Waals surface area contributed by atoms with Gasteiger partial charge >= 0.3 is 0 Å². The van der Waals surface area contributed by atoms with Gasteiger partial charge in [-0.15, -0.1) is 0 Å². The van der Waals surface area contributed by atoms with Crippen LogP contribution in [0.25, 0.3) is 0 Å². The van der Waals surface area contributed by atoms with E-state index >= 15 is 0 Å². The van der Waals surface area contributed by atoms with Crippen molar-refractivity contribution in [2.24, 2.45) is 0 Å². The van der Waals surface area contributed by atoms with Gasteiger partial charge in [0, 0.05) is 6.20 Å². The zero-order chi connectivity index (χ0) is 7.56. The van der Waals surface area contributed by atoms with E-state index in [1.807, 2.05) is 0 Å². The van der Waals surface area contributed by atoms with E-state index in [-0.39, 0.29) is 5.36 Å². The molecule has 0 bridgehead atoms. The summed E-state index contributed by atoms with van der Waals surface area (Å²) in [6, 6.07) is 1.44. The van der Waals surface area contributed by atoms with Gasteiger partial charge in [-0.3, -0.25) is 5.41 Å². The van der Waals surface area contributed by atoms with Gasteiger partial charge in [-0.05, 0) is 6.07 Å². The van der Waals surface area contributed by atoms with Crippen molar-refractivity contribution in [1.29, 1.82) is 5.41 Å². The second-order valence-electron chi connectivity index (χ2n) is 1.81. The molecule has 0 aromatic carbocycles. The van der Waals surface area contributed by atoms with Crippen LogP contribution >= 0.6 is 0 Å². The Balaban J connectivity index is 3.22. The van der Waals surface area contributed by atoms with Crippen LogP contribution in [-0.4, -0.2) is 17.0 Å². The Morgan fingerprint density at radius 2 is 2.40 bits per heavy atom. The van der Waals surface area contributed by atoms with E-state index in [0.29, 0.717) is 5.75 Å². The fourth-order valence-electron chi connectivity index (χ4n) is 0.628. The summed E-state index contributed by atoms with van der Waals surface area (Å²) in [7, 11) is 1.45. The molecule has 0 saturated heterocycles. The minimum atomic E-state index is 0.257. The number of ether oxygens (including phenoxy) is 1. The predicted octanol–water partition coefficient (Wildman–Crippen LogP) is 0.213. The second kappa shape index (κ2) is 2.43. The van der Waals surface area contributed by atoms with E-state index in [4.69, 9.17) is 15.4 Å². The summed E-state index contributed by atoms with van der Waals surface area (Å²) in [6.07, 6.45) is 2.69. The number of nitrogens with one attached hydrogen (secondary N) is 1. The van der Waals surface area contributed by atoms with Crippen molar-refractivity contribution in [3.8, 4) is 5.75 Å². The van der Waals surface area contributed by atoms with Crippen LogP contribution in [0.2, 0.25) is 0 Å². The molecule has 0 radical (unpaired) electrons. The number of aromatic nitrogens is 1. The van der Waals surface area contributed by atoms with E-state index in [1.54, 1.807) is 0 Å². The minimum absolute atomic E-state index is 0.257. The van der Waals surface area contributed by atoms with Crippen LogP contribution in [-0.2, 0) is 0 Å². The topological polar surface area (TPSA) is 58.2 Å². The van der Waals surface area contributed by atoms with Crippen LogP contribution in [0.5, 0.6) is 5.75 Å². The van der Waals surface area contributed by atoms with E-state index in [9.17, 15) is 0 Å². The standard InChI is InChI=1S/C6H8N2O2/c1-10-6-4-8(9)3-2-5(6)7/h2-4,7,9H,1H3. The third kappa shape index (κ3) is 1.10. The Labute approximate surface area is 57.8 Å². The zero-order valence-electron chi connectivity index (χ0n) is 5.53. The molecule has 0 unspecified atom stereocenters. The fourth-order valence-corrected chi connectivity index (χ4v) is 0.628. The molecule has 4 nitrogen and oxygen atoms in total. The third-order valence-electron chi connectivity index (χ3n) is 1.13. The van der Waals surface area contributed by atoms with Crippen molar-refractivity contribution in [2.45, 2.75) is 0 Å². The first-order valence-electron chi connectivity index (χ1n) is 2.74. The molecular formula is C6H8N2O2. The van der Waals surface area contributed by atoms with Crippen LogP contribution in [0.4, 0.5) is 0 Å². The van der Waals surface area contributed by atoms with Gasteiger partial charge in [0.15, 0.2) is 5.75 Å². The maximum Gasteiger partial charge on any atom is 0.163 e. The van der Waals surface area contributed by atoms with Crippen molar-refractivity contribution < 1.29 is 9.94 Å². The second-order valence-corrected chi connectivity index (χ2v) is 1.81. The molecule has 0 aliphatic carbocycles. The summed E-state index contributed by atoms with van der Waals surface area (Å²) in [5, 5.41) is 16.3. The number of methoxy groups -OCH3 is 1. The van der Waals surface area contributed by atoms with Crippen LogP contribution in [0.3, 0.4) is 0 Å². The summed E-state index contributed by atoms with van der Waals surface area (Å²) in [5.74, 6) is 0.352. The van der Waals surface area contributed by atoms with Gasteiger partial charge < -0.3 is 9.94 Å². The molecule has 0 spiro atoms. The molecule has 0 aliphatic heterocycles. The molecule has 1 aromatic rings. The Hall–Kier alpha value is -1.45. The molecule has 10 heavy (non-hydrogen) atoms. The average molecular weight is 140 g/mol. The Morgan fingerprint density at radius 1 is 1.70 bits per heavy atom. The van der Waals surface area contributed by atoms with Gasteiger partial charge in [0.1, 0.15) is 0 Å². The summed E-state index contributed by atoms with van der Waals surface area (Å²) < 4.78 is 5.60. The highest BCUT2D eigenvalue weighted by Gasteiger charge is 1.92. The number of nitrogens with zero attached hydrogens (tertiary/aromatic N) is 1. The smallest absolute Gasteiger partial charge is 0.163 e. The van der Waals surface area contributed by atoms with Crippen LogP contribution in [0.1, 0.15) is 0 Å². The third-order valence-corrected chi connectivity index (χ3v) is 1.13. The first-order valence-corrected chi connectivity index (χ1v) is 2.74. The lowest BCUT2D eigenvalue weighted by molar-refractivity contribution is 0.180. The molecule has 2 N–H and O–H groups in total. The highest BCUT2D eigenvalue weighted by Crippen LogP contribution is 1.97. The van der Waals surface area contributed by atoms with E-state index < -0.39 is 0 Å². The minimum Gasteiger partial charge on any atom is -0.493 e. The number of rotatable bonds is 1. The molecule has 1 rings (SSSR count). The molecule has 4 heteroatoms. The largest absolute Gasteiger partial charge is 0.493 e. The highest BCUT2D eigenvalue weighted by atomic mass is 16.5. The van der Waals surface area contributed by atoms with Crippen molar-refractivity contribution >= 4 is 0 Å². The van der Waals surface area contributed by atoms with Gasteiger partial charge in [0.05, 0.1) is 18.7 Å². The van der Waals surface area contributed by atoms with Crippen LogP contribution in [0.15, 0.2) is 18.5 Å². The summed E-state index contributed by atoms with van der Waals surface area (Å²) in [4.78, 5) is 0. The quantitative estimate of drug-likeness (QED) is 0.548. The normalized spacial score (nSPS) is 9.30. The molecule has 0 fully saturated rings. The molecule has 1 aromatic heterocycles. The molecule has 0 amide bonds. The summed E-state index contributed by atoms with van der Waals surface area (Å²) in [6.45, 7) is 0. The SMILES string of the molecule is COc1cn(O)ccc1=N. The van der Waals surface area contributed by atoms with E-state index in [2.05, 4.69) is 0 Å². The molecule has 54 valence electrons. The summed E-state index contributed by atoms with van der Waals surface area (Å²) >= 11 is 0. The lowest BCUT2D eigenvalue weighted by Gasteiger charge is -2.00. The number of hydrogen-bond acceptors (Lipinski definition) is 3. The van der Waals surface area contributed by atoms with Gasteiger partial charge in [0.2, 0.25) is 0 Å². The fraction of sp³-hybridized carbons (Fsp3) is 0.167. The Bertz CT molecular complexity index is 279. The monoisotopic (exact) mass is 140 g/mol. The lowest BCUT2D eigenvalue weighted by Crippen LogP contribution is -2.06. The van der Waals surface area contributed by atoms with E-state index in [0.717, 1.165) is 4.73 Å². The zero-order valence-corrected chi connectivity index (χ0v) is 5.53. The molecule has 0 aliphatic rings. The van der Waals surface area contributed by atoms with Gasteiger partial charge in [0.25, 0.3) is 0 Å². The van der Waals surface area contributed by atoms with Gasteiger partial charge in [-0.25, -0.2) is 0 Å². The number of hydrogen-bond donors (Lipinski definition) is 2. The lowest BCUT2D eigenvalue weighted by atomic mass is 10.4. The van der Waals surface area contributed by atoms with Gasteiger partial charge in [-0.1, -0.05) is 0 Å². The summed E-state index contributed by atoms with van der Waals surface area (Å²) in [5.41, 5.74) is 0. The molecule has 0 atom stereocenters. The van der Waals surface area contributed by atoms with Crippen molar-refractivity contribution in [1.82, 2.24) is 4.73 Å². The van der Waals surface area contributed by atoms with Crippen LogP contribution < -0.4 is 10.1 Å². The molecule has 1 heterocycles.